The number of nitro groups is 1. The lowest BCUT2D eigenvalue weighted by Crippen LogP contribution is -2.49. The van der Waals surface area contributed by atoms with Crippen molar-refractivity contribution in [3.63, 3.8) is 0 Å². The van der Waals surface area contributed by atoms with E-state index in [1.54, 1.807) is 19.1 Å². The summed E-state index contributed by atoms with van der Waals surface area (Å²) in [6.45, 7) is 5.56. The predicted molar refractivity (Wildman–Crippen MR) is 117 cm³/mol. The Morgan fingerprint density at radius 1 is 1.07 bits per heavy atom. The maximum atomic E-state index is 13.8. The minimum absolute atomic E-state index is 0.0422. The Hall–Kier alpha value is -2.93. The Bertz CT molecular complexity index is 941. The Morgan fingerprint density at radius 2 is 1.77 bits per heavy atom. The highest BCUT2D eigenvalue weighted by Crippen LogP contribution is 2.35. The Labute approximate surface area is 177 Å². The predicted octanol–water partition coefficient (Wildman–Crippen LogP) is 3.63. The number of nitro benzene ring substituents is 1. The van der Waals surface area contributed by atoms with Gasteiger partial charge in [-0.2, -0.15) is 0 Å². The van der Waals surface area contributed by atoms with E-state index < -0.39 is 0 Å². The average molecular weight is 409 g/mol. The third-order valence-electron chi connectivity index (χ3n) is 6.22. The zero-order valence-electron chi connectivity index (χ0n) is 17.6. The molecule has 2 aromatic carbocycles. The van der Waals surface area contributed by atoms with Crippen LogP contribution in [0.25, 0.3) is 0 Å². The van der Waals surface area contributed by atoms with E-state index in [9.17, 15) is 14.9 Å². The Morgan fingerprint density at radius 3 is 2.43 bits per heavy atom. The molecule has 2 aromatic rings. The molecule has 0 spiro atoms. The number of benzene rings is 2. The van der Waals surface area contributed by atoms with Crippen LogP contribution in [0.3, 0.4) is 0 Å². The molecule has 2 heterocycles. The van der Waals surface area contributed by atoms with E-state index in [-0.39, 0.29) is 22.6 Å². The first-order chi connectivity index (χ1) is 14.5. The second-order valence-electron chi connectivity index (χ2n) is 8.29. The monoisotopic (exact) mass is 408 g/mol. The van der Waals surface area contributed by atoms with Crippen LogP contribution in [0.2, 0.25) is 0 Å². The van der Waals surface area contributed by atoms with Gasteiger partial charge < -0.3 is 14.7 Å². The number of likely N-dealkylation sites (N-methyl/N-ethyl adjacent to an activating group) is 1. The highest BCUT2D eigenvalue weighted by atomic mass is 16.6. The number of carbonyl (C=O) groups is 1. The summed E-state index contributed by atoms with van der Waals surface area (Å²) in [5, 5.41) is 11.5. The Balaban J connectivity index is 1.75. The van der Waals surface area contributed by atoms with Gasteiger partial charge >= 0.3 is 0 Å². The number of rotatable bonds is 4. The zero-order valence-corrected chi connectivity index (χ0v) is 17.6. The molecule has 0 radical (unpaired) electrons. The van der Waals surface area contributed by atoms with Crippen LogP contribution in [0.5, 0.6) is 0 Å². The molecule has 7 heteroatoms. The SMILES string of the molecule is Cc1cc(C(=O)N2CCN(C)C[C@@H]2c2ccccc2)c(N2CCCC2)cc1[N+](=O)[O-]. The molecule has 0 bridgehead atoms. The Kier molecular flexibility index (Phi) is 5.72. The summed E-state index contributed by atoms with van der Waals surface area (Å²) < 4.78 is 0. The quantitative estimate of drug-likeness (QED) is 0.571. The lowest BCUT2D eigenvalue weighted by molar-refractivity contribution is -0.385. The molecule has 0 N–H and O–H groups in total. The molecule has 7 nitrogen and oxygen atoms in total. The van der Waals surface area contributed by atoms with Crippen LogP contribution in [-0.4, -0.2) is 60.4 Å². The van der Waals surface area contributed by atoms with E-state index in [0.717, 1.165) is 44.6 Å². The summed E-state index contributed by atoms with van der Waals surface area (Å²) in [5.74, 6) is -0.0446. The number of hydrogen-bond donors (Lipinski definition) is 0. The van der Waals surface area contributed by atoms with Crippen LogP contribution in [0.15, 0.2) is 42.5 Å². The van der Waals surface area contributed by atoms with Crippen LogP contribution in [0, 0.1) is 17.0 Å². The van der Waals surface area contributed by atoms with Crippen molar-refractivity contribution in [2.75, 3.05) is 44.7 Å². The fourth-order valence-corrected chi connectivity index (χ4v) is 4.55. The third kappa shape index (κ3) is 3.89. The molecule has 30 heavy (non-hydrogen) atoms. The van der Waals surface area contributed by atoms with Gasteiger partial charge in [-0.15, -0.1) is 0 Å². The van der Waals surface area contributed by atoms with Crippen LogP contribution < -0.4 is 4.90 Å². The van der Waals surface area contributed by atoms with Crippen molar-refractivity contribution in [1.82, 2.24) is 9.80 Å². The van der Waals surface area contributed by atoms with Crippen molar-refractivity contribution in [2.24, 2.45) is 0 Å². The van der Waals surface area contributed by atoms with Crippen molar-refractivity contribution >= 4 is 17.3 Å². The maximum Gasteiger partial charge on any atom is 0.274 e. The molecular formula is C23H28N4O3. The van der Waals surface area contributed by atoms with Gasteiger partial charge in [-0.25, -0.2) is 0 Å². The van der Waals surface area contributed by atoms with Crippen molar-refractivity contribution in [1.29, 1.82) is 0 Å². The lowest BCUT2D eigenvalue weighted by Gasteiger charge is -2.41. The summed E-state index contributed by atoms with van der Waals surface area (Å²) >= 11 is 0. The van der Waals surface area contributed by atoms with E-state index in [1.807, 2.05) is 23.1 Å². The molecule has 1 amide bonds. The molecule has 1 atom stereocenters. The summed E-state index contributed by atoms with van der Waals surface area (Å²) in [7, 11) is 2.07. The van der Waals surface area contributed by atoms with E-state index in [0.29, 0.717) is 23.4 Å². The molecule has 2 saturated heterocycles. The van der Waals surface area contributed by atoms with Gasteiger partial charge in [-0.05, 0) is 38.4 Å². The van der Waals surface area contributed by atoms with E-state index in [4.69, 9.17) is 0 Å². The molecule has 2 aliphatic heterocycles. The smallest absolute Gasteiger partial charge is 0.274 e. The average Bonchev–Trinajstić information content (AvgIpc) is 3.28. The number of nitrogens with zero attached hydrogens (tertiary/aromatic N) is 4. The molecular weight excluding hydrogens is 380 g/mol. The van der Waals surface area contributed by atoms with E-state index >= 15 is 0 Å². The van der Waals surface area contributed by atoms with Gasteiger partial charge in [0.05, 0.1) is 22.2 Å². The zero-order chi connectivity index (χ0) is 21.3. The van der Waals surface area contributed by atoms with Crippen LogP contribution in [0.1, 0.15) is 40.4 Å². The second-order valence-corrected chi connectivity index (χ2v) is 8.29. The molecule has 0 aliphatic carbocycles. The molecule has 0 aromatic heterocycles. The molecule has 0 unspecified atom stereocenters. The third-order valence-corrected chi connectivity index (χ3v) is 6.22. The topological polar surface area (TPSA) is 69.9 Å². The van der Waals surface area contributed by atoms with E-state index in [2.05, 4.69) is 29.0 Å². The largest absolute Gasteiger partial charge is 0.371 e. The molecule has 2 aliphatic rings. The van der Waals surface area contributed by atoms with Gasteiger partial charge in [-0.1, -0.05) is 30.3 Å². The summed E-state index contributed by atoms with van der Waals surface area (Å²) in [4.78, 5) is 31.3. The number of aryl methyl sites for hydroxylation is 1. The summed E-state index contributed by atoms with van der Waals surface area (Å²) in [6, 6.07) is 13.4. The van der Waals surface area contributed by atoms with Crippen molar-refractivity contribution < 1.29 is 9.72 Å². The number of piperazine rings is 1. The molecule has 0 saturated carbocycles. The summed E-state index contributed by atoms with van der Waals surface area (Å²) in [6.07, 6.45) is 2.08. The highest BCUT2D eigenvalue weighted by Gasteiger charge is 2.34. The van der Waals surface area contributed by atoms with Gasteiger partial charge in [0, 0.05) is 44.4 Å². The van der Waals surface area contributed by atoms with Gasteiger partial charge in [-0.3, -0.25) is 14.9 Å². The summed E-state index contributed by atoms with van der Waals surface area (Å²) in [5.41, 5.74) is 2.98. The first kappa shape index (κ1) is 20.3. The van der Waals surface area contributed by atoms with Crippen LogP contribution in [0.4, 0.5) is 11.4 Å². The van der Waals surface area contributed by atoms with Gasteiger partial charge in [0.2, 0.25) is 0 Å². The van der Waals surface area contributed by atoms with Crippen molar-refractivity contribution in [2.45, 2.75) is 25.8 Å². The van der Waals surface area contributed by atoms with Crippen molar-refractivity contribution in [3.05, 3.63) is 69.3 Å². The maximum absolute atomic E-state index is 13.8. The fraction of sp³-hybridized carbons (Fsp3) is 0.435. The van der Waals surface area contributed by atoms with Crippen LogP contribution >= 0.6 is 0 Å². The molecule has 4 rings (SSSR count). The fourth-order valence-electron chi connectivity index (χ4n) is 4.55. The van der Waals surface area contributed by atoms with Crippen molar-refractivity contribution in [3.8, 4) is 0 Å². The minimum Gasteiger partial charge on any atom is -0.371 e. The standard InChI is InChI=1S/C23H28N4O3/c1-17-14-19(21(15-20(17)27(29)30)25-10-6-7-11-25)23(28)26-13-12-24(2)16-22(26)18-8-4-3-5-9-18/h3-5,8-9,14-15,22H,6-7,10-13,16H2,1-2H3/t22-/m1/s1. The van der Waals surface area contributed by atoms with Gasteiger partial charge in [0.15, 0.2) is 0 Å². The number of anilines is 1. The first-order valence-corrected chi connectivity index (χ1v) is 10.5. The second kappa shape index (κ2) is 8.44. The highest BCUT2D eigenvalue weighted by molar-refractivity contribution is 6.01. The van der Waals surface area contributed by atoms with Gasteiger partial charge in [0.25, 0.3) is 11.6 Å². The molecule has 2 fully saturated rings. The van der Waals surface area contributed by atoms with Gasteiger partial charge in [0.1, 0.15) is 0 Å². The normalized spacial score (nSPS) is 19.9. The molecule has 158 valence electrons. The number of carbonyl (C=O) groups excluding carboxylic acids is 1. The minimum atomic E-state index is -0.355. The number of hydrogen-bond acceptors (Lipinski definition) is 5. The van der Waals surface area contributed by atoms with E-state index in [1.165, 1.54) is 0 Å². The first-order valence-electron chi connectivity index (χ1n) is 10.5. The van der Waals surface area contributed by atoms with Crippen LogP contribution in [-0.2, 0) is 0 Å². The lowest BCUT2D eigenvalue weighted by atomic mass is 9.99. The number of amides is 1.